The van der Waals surface area contributed by atoms with Crippen LogP contribution in [0.15, 0.2) is 42.6 Å². The highest BCUT2D eigenvalue weighted by molar-refractivity contribution is 7.75. The van der Waals surface area contributed by atoms with Crippen LogP contribution in [0.2, 0.25) is 5.02 Å². The summed E-state index contributed by atoms with van der Waals surface area (Å²) in [5.41, 5.74) is 1.76. The molecule has 3 aromatic heterocycles. The van der Waals surface area contributed by atoms with Crippen molar-refractivity contribution in [2.45, 2.75) is 6.92 Å². The molecule has 0 atom stereocenters. The fourth-order valence-electron chi connectivity index (χ4n) is 3.12. The molecule has 0 aliphatic heterocycles. The van der Waals surface area contributed by atoms with Crippen molar-refractivity contribution in [3.63, 3.8) is 0 Å². The van der Waals surface area contributed by atoms with E-state index >= 15 is 0 Å². The van der Waals surface area contributed by atoms with E-state index in [4.69, 9.17) is 11.6 Å². The summed E-state index contributed by atoms with van der Waals surface area (Å²) in [6.07, 6.45) is 1.45. The monoisotopic (exact) mass is 427 g/mol. The number of halogens is 1. The Labute approximate surface area is 175 Å². The minimum atomic E-state index is -0.803. The van der Waals surface area contributed by atoms with Gasteiger partial charge >= 0.3 is 5.97 Å². The van der Waals surface area contributed by atoms with Crippen LogP contribution in [0, 0.1) is 6.92 Å². The van der Waals surface area contributed by atoms with E-state index in [1.807, 2.05) is 13.0 Å². The highest BCUT2D eigenvalue weighted by Gasteiger charge is 2.24. The van der Waals surface area contributed by atoms with Crippen LogP contribution in [0.3, 0.4) is 0 Å². The summed E-state index contributed by atoms with van der Waals surface area (Å²) in [6.45, 7) is 1.84. The van der Waals surface area contributed by atoms with Gasteiger partial charge in [0.05, 0.1) is 16.4 Å². The molecule has 0 aliphatic rings. The van der Waals surface area contributed by atoms with Crippen molar-refractivity contribution in [3.8, 4) is 5.82 Å². The molecule has 0 saturated carbocycles. The van der Waals surface area contributed by atoms with Crippen LogP contribution < -0.4 is 0 Å². The lowest BCUT2D eigenvalue weighted by Gasteiger charge is -2.10. The molecule has 0 fully saturated rings. The van der Waals surface area contributed by atoms with Crippen LogP contribution in [0.1, 0.15) is 32.4 Å². The number of rotatable bonds is 4. The van der Waals surface area contributed by atoms with Gasteiger partial charge in [-0.3, -0.25) is 14.0 Å². The molecule has 4 aromatic rings. The summed E-state index contributed by atoms with van der Waals surface area (Å²) in [7, 11) is 1.75. The van der Waals surface area contributed by atoms with E-state index in [1.165, 1.54) is 6.20 Å². The molecule has 0 radical (unpaired) electrons. The second-order valence-electron chi connectivity index (χ2n) is 6.29. The predicted molar refractivity (Wildman–Crippen MR) is 110 cm³/mol. The molecule has 0 amide bonds. The number of hydrogen-bond acceptors (Lipinski definition) is 7. The molecule has 0 spiro atoms. The van der Waals surface area contributed by atoms with Crippen molar-refractivity contribution in [1.29, 1.82) is 0 Å². The van der Waals surface area contributed by atoms with Gasteiger partial charge in [-0.15, -0.1) is 0 Å². The number of nitrogens with zero attached hydrogens (tertiary/aromatic N) is 5. The number of aromatic nitrogens is 5. The Kier molecular flexibility index (Phi) is 4.85. The van der Waals surface area contributed by atoms with E-state index in [0.29, 0.717) is 33.1 Å². The maximum Gasteiger partial charge on any atom is 0.388 e. The molecule has 29 heavy (non-hydrogen) atoms. The zero-order valence-electron chi connectivity index (χ0n) is 15.3. The third-order valence-electron chi connectivity index (χ3n) is 4.36. The summed E-state index contributed by atoms with van der Waals surface area (Å²) in [4.78, 5) is 33.5. The number of aryl methyl sites for hydroxylation is 2. The lowest BCUT2D eigenvalue weighted by molar-refractivity contribution is 0.0760. The molecule has 0 bridgehead atoms. The molecule has 0 aliphatic carbocycles. The first-order chi connectivity index (χ1) is 13.9. The Balaban J connectivity index is 2.02. The van der Waals surface area contributed by atoms with Gasteiger partial charge in [-0.05, 0) is 25.1 Å². The van der Waals surface area contributed by atoms with Crippen LogP contribution in [-0.4, -0.2) is 36.1 Å². The first-order valence-corrected chi connectivity index (χ1v) is 9.19. The SMILES string of the molecule is Cc1cc(-n2c(C(=O)c3ccccc3Cl)cc3cnc(C(=O)OS)nc32)n(C)n1. The molecule has 4 rings (SSSR count). The molecule has 0 saturated heterocycles. The highest BCUT2D eigenvalue weighted by Crippen LogP contribution is 2.27. The van der Waals surface area contributed by atoms with Gasteiger partial charge in [0.1, 0.15) is 5.82 Å². The van der Waals surface area contributed by atoms with E-state index in [-0.39, 0.29) is 11.6 Å². The van der Waals surface area contributed by atoms with Gasteiger partial charge in [-0.2, -0.15) is 5.10 Å². The molecule has 3 heterocycles. The van der Waals surface area contributed by atoms with Crippen LogP contribution in [-0.2, 0) is 11.2 Å². The Morgan fingerprint density at radius 2 is 1.97 bits per heavy atom. The Hall–Kier alpha value is -3.17. The number of carbonyl (C=O) groups is 2. The lowest BCUT2D eigenvalue weighted by Crippen LogP contribution is -2.13. The maximum absolute atomic E-state index is 13.3. The Morgan fingerprint density at radius 3 is 2.62 bits per heavy atom. The van der Waals surface area contributed by atoms with E-state index in [2.05, 4.69) is 32.2 Å². The second kappa shape index (κ2) is 7.34. The van der Waals surface area contributed by atoms with Crippen molar-refractivity contribution in [2.24, 2.45) is 7.05 Å². The number of ketones is 1. The average molecular weight is 428 g/mol. The van der Waals surface area contributed by atoms with Gasteiger partial charge < -0.3 is 4.18 Å². The Morgan fingerprint density at radius 1 is 1.21 bits per heavy atom. The van der Waals surface area contributed by atoms with Gasteiger partial charge in [0.15, 0.2) is 5.65 Å². The topological polar surface area (TPSA) is 91.9 Å². The van der Waals surface area contributed by atoms with Crippen LogP contribution >= 0.6 is 24.5 Å². The van der Waals surface area contributed by atoms with Gasteiger partial charge in [-0.25, -0.2) is 14.8 Å². The molecule has 0 unspecified atom stereocenters. The molecule has 146 valence electrons. The first-order valence-electron chi connectivity index (χ1n) is 8.45. The number of thiol groups is 1. The van der Waals surface area contributed by atoms with E-state index in [9.17, 15) is 9.59 Å². The van der Waals surface area contributed by atoms with Crippen molar-refractivity contribution in [2.75, 3.05) is 0 Å². The van der Waals surface area contributed by atoms with Crippen LogP contribution in [0.25, 0.3) is 16.9 Å². The minimum absolute atomic E-state index is 0.178. The highest BCUT2D eigenvalue weighted by atomic mass is 35.5. The summed E-state index contributed by atoms with van der Waals surface area (Å²) >= 11 is 9.76. The second-order valence-corrected chi connectivity index (χ2v) is 6.88. The summed E-state index contributed by atoms with van der Waals surface area (Å²) < 4.78 is 7.66. The molecule has 8 nitrogen and oxygen atoms in total. The fourth-order valence-corrected chi connectivity index (χ4v) is 3.42. The average Bonchev–Trinajstić information content (AvgIpc) is 3.25. The van der Waals surface area contributed by atoms with E-state index in [0.717, 1.165) is 5.69 Å². The molecule has 10 heteroatoms. The zero-order chi connectivity index (χ0) is 20.7. The minimum Gasteiger partial charge on any atom is -0.389 e. The van der Waals surface area contributed by atoms with Gasteiger partial charge in [0.25, 0.3) is 0 Å². The van der Waals surface area contributed by atoms with Gasteiger partial charge in [0, 0.05) is 43.2 Å². The van der Waals surface area contributed by atoms with Crippen molar-refractivity contribution >= 4 is 47.3 Å². The Bertz CT molecular complexity index is 1280. The predicted octanol–water partition coefficient (Wildman–Crippen LogP) is 3.35. The summed E-state index contributed by atoms with van der Waals surface area (Å²) in [6, 6.07) is 10.2. The van der Waals surface area contributed by atoms with Gasteiger partial charge in [-0.1, -0.05) is 23.7 Å². The van der Waals surface area contributed by atoms with Crippen molar-refractivity contribution in [3.05, 3.63) is 70.4 Å². The number of carbonyl (C=O) groups excluding carboxylic acids is 2. The smallest absolute Gasteiger partial charge is 0.388 e. The molecular formula is C19H14ClN5O3S. The molecule has 0 N–H and O–H groups in total. The number of fused-ring (bicyclic) bond motifs is 1. The normalized spacial score (nSPS) is 11.0. The van der Waals surface area contributed by atoms with E-state index in [1.54, 1.807) is 46.6 Å². The van der Waals surface area contributed by atoms with Crippen molar-refractivity contribution in [1.82, 2.24) is 24.3 Å². The molecule has 1 aromatic carbocycles. The lowest BCUT2D eigenvalue weighted by atomic mass is 10.1. The van der Waals surface area contributed by atoms with Crippen LogP contribution in [0.5, 0.6) is 0 Å². The third kappa shape index (κ3) is 3.28. The first kappa shape index (κ1) is 19.2. The van der Waals surface area contributed by atoms with Crippen molar-refractivity contribution < 1.29 is 13.8 Å². The standard InChI is InChI=1S/C19H14ClN5O3S/c1-10-7-15(24(2)23-10)25-14(16(26)12-5-3-4-6-13(12)20)8-11-9-21-17(19(27)28-29)22-18(11)25/h3-9,29H,1-2H3. The fraction of sp³-hybridized carbons (Fsp3) is 0.105. The summed E-state index contributed by atoms with van der Waals surface area (Å²) in [5.74, 6) is -0.687. The number of hydrogen-bond donors (Lipinski definition) is 1. The summed E-state index contributed by atoms with van der Waals surface area (Å²) in [5, 5.41) is 5.25. The quantitative estimate of drug-likeness (QED) is 0.305. The zero-order valence-corrected chi connectivity index (χ0v) is 17.0. The van der Waals surface area contributed by atoms with E-state index < -0.39 is 5.97 Å². The van der Waals surface area contributed by atoms with Crippen LogP contribution in [0.4, 0.5) is 0 Å². The molecular weight excluding hydrogens is 414 g/mol. The largest absolute Gasteiger partial charge is 0.389 e. The number of benzene rings is 1. The third-order valence-corrected chi connectivity index (χ3v) is 4.86. The van der Waals surface area contributed by atoms with Gasteiger partial charge in [0.2, 0.25) is 11.6 Å². The maximum atomic E-state index is 13.3.